The normalized spacial score (nSPS) is 20.5. The molecule has 120 valence electrons. The van der Waals surface area contributed by atoms with Gasteiger partial charge in [-0.25, -0.2) is 13.1 Å². The van der Waals surface area contributed by atoms with Crippen molar-refractivity contribution in [2.24, 2.45) is 5.92 Å². The van der Waals surface area contributed by atoms with Gasteiger partial charge in [-0.15, -0.1) is 11.3 Å². The van der Waals surface area contributed by atoms with Crippen molar-refractivity contribution in [3.05, 3.63) is 16.3 Å². The monoisotopic (exact) mass is 331 g/mol. The number of thiophene rings is 1. The van der Waals surface area contributed by atoms with E-state index in [9.17, 15) is 8.42 Å². The van der Waals surface area contributed by atoms with Gasteiger partial charge in [0.15, 0.2) is 0 Å². The van der Waals surface area contributed by atoms with Crippen LogP contribution in [0.5, 0.6) is 0 Å². The molecule has 0 bridgehead atoms. The number of likely N-dealkylation sites (tertiary alicyclic amines) is 1. The summed E-state index contributed by atoms with van der Waals surface area (Å²) in [6.07, 6.45) is 1.06. The Hall–Kier alpha value is -0.470. The lowest BCUT2D eigenvalue weighted by Crippen LogP contribution is -2.30. The molecule has 0 spiro atoms. The zero-order valence-corrected chi connectivity index (χ0v) is 14.6. The van der Waals surface area contributed by atoms with Gasteiger partial charge in [-0.05, 0) is 32.0 Å². The Kier molecular flexibility index (Phi) is 5.79. The molecule has 1 fully saturated rings. The smallest absolute Gasteiger partial charge is 0.241 e. The highest BCUT2D eigenvalue weighted by atomic mass is 32.2. The maximum Gasteiger partial charge on any atom is 0.241 e. The third-order valence-electron chi connectivity index (χ3n) is 3.68. The number of sulfonamides is 1. The largest absolute Gasteiger partial charge is 0.310 e. The predicted octanol–water partition coefficient (Wildman–Crippen LogP) is 1.48. The Bertz CT molecular complexity index is 554. The fraction of sp³-hybridized carbons (Fsp3) is 0.714. The van der Waals surface area contributed by atoms with Gasteiger partial charge in [0.25, 0.3) is 0 Å². The summed E-state index contributed by atoms with van der Waals surface area (Å²) in [5.41, 5.74) is 0. The fourth-order valence-corrected chi connectivity index (χ4v) is 4.74. The van der Waals surface area contributed by atoms with Crippen molar-refractivity contribution in [3.8, 4) is 0 Å². The van der Waals surface area contributed by atoms with Gasteiger partial charge in [-0.2, -0.15) is 0 Å². The summed E-state index contributed by atoms with van der Waals surface area (Å²) in [6.45, 7) is 7.41. The Balaban J connectivity index is 1.90. The standard InChI is InChI=1S/C14H25N3O2S2/c1-11(2)15-8-13-6-14(10-20-13)21(18,19)16-7-12-4-5-17(3)9-12/h6,10-12,15-16H,4-5,7-9H2,1-3H3. The summed E-state index contributed by atoms with van der Waals surface area (Å²) in [7, 11) is -1.30. The van der Waals surface area contributed by atoms with Crippen molar-refractivity contribution in [2.75, 3.05) is 26.7 Å². The van der Waals surface area contributed by atoms with E-state index >= 15 is 0 Å². The average Bonchev–Trinajstić information content (AvgIpc) is 3.03. The Morgan fingerprint density at radius 1 is 1.48 bits per heavy atom. The highest BCUT2D eigenvalue weighted by Gasteiger charge is 2.23. The van der Waals surface area contributed by atoms with Gasteiger partial charge in [0.1, 0.15) is 0 Å². The average molecular weight is 332 g/mol. The summed E-state index contributed by atoms with van der Waals surface area (Å²) in [4.78, 5) is 3.67. The van der Waals surface area contributed by atoms with E-state index < -0.39 is 10.0 Å². The maximum atomic E-state index is 12.3. The van der Waals surface area contributed by atoms with Crippen LogP contribution in [0.1, 0.15) is 25.1 Å². The summed E-state index contributed by atoms with van der Waals surface area (Å²) in [5, 5.41) is 5.02. The van der Waals surface area contributed by atoms with Crippen molar-refractivity contribution in [1.29, 1.82) is 0 Å². The molecule has 21 heavy (non-hydrogen) atoms. The van der Waals surface area contributed by atoms with E-state index in [0.29, 0.717) is 29.9 Å². The zero-order valence-electron chi connectivity index (χ0n) is 12.9. The molecule has 1 aromatic rings. The second-order valence-corrected chi connectivity index (χ2v) is 8.82. The molecule has 0 aliphatic carbocycles. The third-order valence-corrected chi connectivity index (χ3v) is 6.16. The Morgan fingerprint density at radius 2 is 2.24 bits per heavy atom. The highest BCUT2D eigenvalue weighted by molar-refractivity contribution is 7.89. The number of hydrogen-bond donors (Lipinski definition) is 2. The van der Waals surface area contributed by atoms with Gasteiger partial charge in [0.05, 0.1) is 4.90 Å². The molecule has 0 aromatic carbocycles. The van der Waals surface area contributed by atoms with Crippen molar-refractivity contribution in [1.82, 2.24) is 14.9 Å². The summed E-state index contributed by atoms with van der Waals surface area (Å²) < 4.78 is 27.3. The molecule has 1 aromatic heterocycles. The van der Waals surface area contributed by atoms with Gasteiger partial charge in [-0.1, -0.05) is 13.8 Å². The molecule has 1 saturated heterocycles. The van der Waals surface area contributed by atoms with Crippen molar-refractivity contribution >= 4 is 21.4 Å². The van der Waals surface area contributed by atoms with E-state index in [2.05, 4.69) is 35.8 Å². The van der Waals surface area contributed by atoms with Crippen LogP contribution in [0.2, 0.25) is 0 Å². The van der Waals surface area contributed by atoms with Crippen LogP contribution in [-0.2, 0) is 16.6 Å². The topological polar surface area (TPSA) is 61.4 Å². The van der Waals surface area contributed by atoms with Crippen molar-refractivity contribution < 1.29 is 8.42 Å². The van der Waals surface area contributed by atoms with E-state index in [1.165, 1.54) is 11.3 Å². The van der Waals surface area contributed by atoms with Crippen molar-refractivity contribution in [3.63, 3.8) is 0 Å². The van der Waals surface area contributed by atoms with E-state index in [0.717, 1.165) is 24.4 Å². The Morgan fingerprint density at radius 3 is 2.86 bits per heavy atom. The van der Waals surface area contributed by atoms with Crippen molar-refractivity contribution in [2.45, 2.75) is 37.8 Å². The van der Waals surface area contributed by atoms with Gasteiger partial charge in [-0.3, -0.25) is 0 Å². The first-order valence-electron chi connectivity index (χ1n) is 7.36. The molecule has 1 unspecified atom stereocenters. The van der Waals surface area contributed by atoms with Gasteiger partial charge >= 0.3 is 0 Å². The summed E-state index contributed by atoms with van der Waals surface area (Å²) in [5.74, 6) is 0.422. The molecule has 1 aliphatic heterocycles. The summed E-state index contributed by atoms with van der Waals surface area (Å²) in [6, 6.07) is 2.16. The zero-order chi connectivity index (χ0) is 15.5. The number of nitrogens with zero attached hydrogens (tertiary/aromatic N) is 1. The first kappa shape index (κ1) is 16.9. The molecule has 2 N–H and O–H groups in total. The number of hydrogen-bond acceptors (Lipinski definition) is 5. The van der Waals surface area contributed by atoms with Crippen LogP contribution in [0, 0.1) is 5.92 Å². The predicted molar refractivity (Wildman–Crippen MR) is 87.1 cm³/mol. The SMILES string of the molecule is CC(C)NCc1cc(S(=O)(=O)NCC2CCN(C)C2)cs1. The van der Waals surface area contributed by atoms with Crippen LogP contribution in [0.25, 0.3) is 0 Å². The lowest BCUT2D eigenvalue weighted by molar-refractivity contribution is 0.394. The van der Waals surface area contributed by atoms with Gasteiger partial charge < -0.3 is 10.2 Å². The molecular formula is C14H25N3O2S2. The van der Waals surface area contributed by atoms with Crippen LogP contribution in [-0.4, -0.2) is 46.0 Å². The second kappa shape index (κ2) is 7.19. The van der Waals surface area contributed by atoms with Crippen LogP contribution in [0.4, 0.5) is 0 Å². The molecule has 1 atom stereocenters. The van der Waals surface area contributed by atoms with E-state index in [4.69, 9.17) is 0 Å². The lowest BCUT2D eigenvalue weighted by Gasteiger charge is -2.11. The number of rotatable bonds is 7. The molecule has 0 radical (unpaired) electrons. The molecule has 2 heterocycles. The lowest BCUT2D eigenvalue weighted by atomic mass is 10.1. The van der Waals surface area contributed by atoms with Crippen LogP contribution >= 0.6 is 11.3 Å². The second-order valence-electron chi connectivity index (χ2n) is 6.05. The minimum Gasteiger partial charge on any atom is -0.310 e. The minimum absolute atomic E-state index is 0.388. The molecular weight excluding hydrogens is 306 g/mol. The van der Waals surface area contributed by atoms with E-state index in [-0.39, 0.29) is 0 Å². The van der Waals surface area contributed by atoms with Crippen LogP contribution in [0.15, 0.2) is 16.3 Å². The minimum atomic E-state index is -3.37. The first-order valence-corrected chi connectivity index (χ1v) is 9.72. The molecule has 2 rings (SSSR count). The highest BCUT2D eigenvalue weighted by Crippen LogP contribution is 2.20. The molecule has 5 nitrogen and oxygen atoms in total. The molecule has 1 aliphatic rings. The molecule has 7 heteroatoms. The van der Waals surface area contributed by atoms with Crippen LogP contribution in [0.3, 0.4) is 0 Å². The van der Waals surface area contributed by atoms with Gasteiger partial charge in [0.2, 0.25) is 10.0 Å². The number of nitrogens with one attached hydrogen (secondary N) is 2. The van der Waals surface area contributed by atoms with E-state index in [1.807, 2.05) is 0 Å². The first-order chi connectivity index (χ1) is 9.87. The summed E-state index contributed by atoms with van der Waals surface area (Å²) >= 11 is 1.49. The molecule has 0 saturated carbocycles. The Labute approximate surface area is 131 Å². The van der Waals surface area contributed by atoms with Crippen LogP contribution < -0.4 is 10.0 Å². The maximum absolute atomic E-state index is 12.3. The van der Waals surface area contributed by atoms with E-state index in [1.54, 1.807) is 11.4 Å². The van der Waals surface area contributed by atoms with Gasteiger partial charge in [0, 0.05) is 35.9 Å². The molecule has 0 amide bonds. The fourth-order valence-electron chi connectivity index (χ4n) is 2.40. The third kappa shape index (κ3) is 5.03. The quantitative estimate of drug-likeness (QED) is 0.794.